The molecule has 0 spiro atoms. The van der Waals surface area contributed by atoms with Crippen LogP contribution in [0.25, 0.3) is 0 Å². The Labute approximate surface area is 63.6 Å². The van der Waals surface area contributed by atoms with Gasteiger partial charge in [-0.3, -0.25) is 0 Å². The van der Waals surface area contributed by atoms with E-state index in [9.17, 15) is 0 Å². The molecule has 0 aromatic heterocycles. The first-order valence-electron chi connectivity index (χ1n) is 3.35. The summed E-state index contributed by atoms with van der Waals surface area (Å²) in [6, 6.07) is 0. The number of hydrogen-bond donors (Lipinski definition) is 2. The van der Waals surface area contributed by atoms with Gasteiger partial charge in [0.25, 0.3) is 0 Å². The van der Waals surface area contributed by atoms with Gasteiger partial charge in [0, 0.05) is 0 Å². The van der Waals surface area contributed by atoms with Gasteiger partial charge >= 0.3 is 0 Å². The van der Waals surface area contributed by atoms with E-state index in [0.717, 1.165) is 6.42 Å². The second kappa shape index (κ2) is 5.03. The minimum absolute atomic E-state index is 0.0791. The first kappa shape index (κ1) is 10.3. The van der Waals surface area contributed by atoms with Crippen LogP contribution in [-0.4, -0.2) is 28.5 Å². The quantitative estimate of drug-likeness (QED) is 0.467. The lowest BCUT2D eigenvalue weighted by Gasteiger charge is -2.18. The Balaban J connectivity index is 3.46. The van der Waals surface area contributed by atoms with Crippen molar-refractivity contribution in [2.24, 2.45) is 0 Å². The van der Waals surface area contributed by atoms with Crippen LogP contribution >= 0.6 is 9.24 Å². The van der Waals surface area contributed by atoms with Crippen LogP contribution in [0.15, 0.2) is 0 Å². The van der Waals surface area contributed by atoms with E-state index in [1.165, 1.54) is 6.92 Å². The molecular formula is C6H15O3P. The van der Waals surface area contributed by atoms with Crippen molar-refractivity contribution in [1.82, 2.24) is 0 Å². The third kappa shape index (κ3) is 4.18. The number of ether oxygens (including phenoxy) is 1. The third-order valence-electron chi connectivity index (χ3n) is 1.13. The molecule has 62 valence electrons. The zero-order chi connectivity index (χ0) is 8.15. The monoisotopic (exact) mass is 166 g/mol. The van der Waals surface area contributed by atoms with Crippen LogP contribution in [0.3, 0.4) is 0 Å². The van der Waals surface area contributed by atoms with E-state index in [2.05, 4.69) is 9.24 Å². The summed E-state index contributed by atoms with van der Waals surface area (Å²) in [5, 5.41) is 17.7. The molecule has 0 saturated carbocycles. The second-order valence-electron chi connectivity index (χ2n) is 2.21. The molecule has 4 atom stereocenters. The fourth-order valence-electron chi connectivity index (χ4n) is 0.389. The summed E-state index contributed by atoms with van der Waals surface area (Å²) < 4.78 is 4.93. The van der Waals surface area contributed by atoms with E-state index in [-0.39, 0.29) is 5.85 Å². The lowest BCUT2D eigenvalue weighted by molar-refractivity contribution is -0.164. The lowest BCUT2D eigenvalue weighted by atomic mass is 10.4. The molecule has 0 aliphatic heterocycles. The first-order valence-corrected chi connectivity index (χ1v) is 4.01. The zero-order valence-electron chi connectivity index (χ0n) is 6.32. The van der Waals surface area contributed by atoms with E-state index < -0.39 is 12.4 Å². The van der Waals surface area contributed by atoms with Crippen LogP contribution in [0, 0.1) is 0 Å². The van der Waals surface area contributed by atoms with Crippen molar-refractivity contribution in [2.45, 2.75) is 38.5 Å². The van der Waals surface area contributed by atoms with Crippen molar-refractivity contribution in [3.63, 3.8) is 0 Å². The lowest BCUT2D eigenvalue weighted by Crippen LogP contribution is -2.28. The Morgan fingerprint density at radius 1 is 1.50 bits per heavy atom. The van der Waals surface area contributed by atoms with E-state index in [4.69, 9.17) is 14.9 Å². The topological polar surface area (TPSA) is 49.7 Å². The molecule has 0 bridgehead atoms. The highest BCUT2D eigenvalue weighted by Gasteiger charge is 2.13. The maximum atomic E-state index is 8.94. The van der Waals surface area contributed by atoms with Crippen LogP contribution < -0.4 is 0 Å². The summed E-state index contributed by atoms with van der Waals surface area (Å²) in [6.07, 6.45) is -1.09. The summed E-state index contributed by atoms with van der Waals surface area (Å²) in [7, 11) is 2.43. The molecule has 0 aromatic carbocycles. The molecule has 4 unspecified atom stereocenters. The summed E-state index contributed by atoms with van der Waals surface area (Å²) in [5.41, 5.74) is 0. The van der Waals surface area contributed by atoms with Crippen molar-refractivity contribution in [3.8, 4) is 0 Å². The van der Waals surface area contributed by atoms with Gasteiger partial charge in [0.1, 0.15) is 6.10 Å². The van der Waals surface area contributed by atoms with Crippen molar-refractivity contribution >= 4 is 9.24 Å². The fraction of sp³-hybridized carbons (Fsp3) is 1.00. The molecule has 0 aliphatic rings. The van der Waals surface area contributed by atoms with Crippen molar-refractivity contribution < 1.29 is 14.9 Å². The zero-order valence-corrected chi connectivity index (χ0v) is 7.47. The van der Waals surface area contributed by atoms with Crippen molar-refractivity contribution in [2.75, 3.05) is 0 Å². The highest BCUT2D eigenvalue weighted by atomic mass is 31.0. The standard InChI is InChI=1S/C6H15O3P/c1-3-5(10)9-6(8)4(2)7/h4-8H,3,10H2,1-2H3. The smallest absolute Gasteiger partial charge is 0.181 e. The highest BCUT2D eigenvalue weighted by Crippen LogP contribution is 2.09. The van der Waals surface area contributed by atoms with Gasteiger partial charge in [0.2, 0.25) is 0 Å². The number of aliphatic hydroxyl groups is 2. The Morgan fingerprint density at radius 3 is 2.30 bits per heavy atom. The summed E-state index contributed by atoms with van der Waals surface area (Å²) in [6.45, 7) is 3.42. The molecule has 0 aromatic rings. The van der Waals surface area contributed by atoms with Crippen molar-refractivity contribution in [3.05, 3.63) is 0 Å². The molecule has 4 heteroatoms. The predicted octanol–water partition coefficient (Wildman–Crippen LogP) is 0.313. The maximum Gasteiger partial charge on any atom is 0.181 e. The molecule has 0 radical (unpaired) electrons. The number of aliphatic hydroxyl groups excluding tert-OH is 2. The molecule has 10 heavy (non-hydrogen) atoms. The van der Waals surface area contributed by atoms with Gasteiger partial charge in [0.05, 0.1) is 5.85 Å². The van der Waals surface area contributed by atoms with Gasteiger partial charge in [-0.15, -0.1) is 9.24 Å². The second-order valence-corrected chi connectivity index (χ2v) is 2.96. The number of hydrogen-bond acceptors (Lipinski definition) is 3. The Kier molecular flexibility index (Phi) is 5.18. The van der Waals surface area contributed by atoms with Gasteiger partial charge in [-0.25, -0.2) is 0 Å². The van der Waals surface area contributed by atoms with Gasteiger partial charge < -0.3 is 14.9 Å². The predicted molar refractivity (Wildman–Crippen MR) is 42.6 cm³/mol. The fourth-order valence-corrected chi connectivity index (χ4v) is 0.550. The van der Waals surface area contributed by atoms with E-state index >= 15 is 0 Å². The van der Waals surface area contributed by atoms with Crippen LogP contribution in [0.4, 0.5) is 0 Å². The molecular weight excluding hydrogens is 151 g/mol. The first-order chi connectivity index (χ1) is 4.57. The average molecular weight is 166 g/mol. The molecule has 2 N–H and O–H groups in total. The van der Waals surface area contributed by atoms with Crippen molar-refractivity contribution in [1.29, 1.82) is 0 Å². The largest absolute Gasteiger partial charge is 0.388 e. The number of rotatable bonds is 4. The molecule has 0 fully saturated rings. The normalized spacial score (nSPS) is 20.1. The van der Waals surface area contributed by atoms with E-state index in [0.29, 0.717) is 0 Å². The summed E-state index contributed by atoms with van der Waals surface area (Å²) in [4.78, 5) is 0. The third-order valence-corrected chi connectivity index (χ3v) is 1.76. The molecule has 0 heterocycles. The summed E-state index contributed by atoms with van der Waals surface area (Å²) >= 11 is 0. The Bertz CT molecular complexity index is 87.1. The average Bonchev–Trinajstić information content (AvgIpc) is 1.87. The van der Waals surface area contributed by atoms with E-state index in [1.54, 1.807) is 0 Å². The Hall–Kier alpha value is 0.310. The van der Waals surface area contributed by atoms with Gasteiger partial charge in [-0.1, -0.05) is 6.92 Å². The molecule has 0 aliphatic carbocycles. The van der Waals surface area contributed by atoms with Crippen LogP contribution in [-0.2, 0) is 4.74 Å². The van der Waals surface area contributed by atoms with Crippen LogP contribution in [0.5, 0.6) is 0 Å². The van der Waals surface area contributed by atoms with Crippen LogP contribution in [0.1, 0.15) is 20.3 Å². The highest BCUT2D eigenvalue weighted by molar-refractivity contribution is 7.17. The minimum Gasteiger partial charge on any atom is -0.388 e. The molecule has 3 nitrogen and oxygen atoms in total. The SMILES string of the molecule is CCC(P)OC(O)C(C)O. The van der Waals surface area contributed by atoms with E-state index in [1.807, 2.05) is 6.92 Å². The summed E-state index contributed by atoms with van der Waals surface area (Å²) in [5.74, 6) is -0.0791. The van der Waals surface area contributed by atoms with Gasteiger partial charge in [0.15, 0.2) is 6.29 Å². The van der Waals surface area contributed by atoms with Crippen LogP contribution in [0.2, 0.25) is 0 Å². The molecule has 0 rings (SSSR count). The minimum atomic E-state index is -1.07. The van der Waals surface area contributed by atoms with Gasteiger partial charge in [-0.2, -0.15) is 0 Å². The Morgan fingerprint density at radius 2 is 2.00 bits per heavy atom. The molecule has 0 amide bonds. The molecule has 0 saturated heterocycles. The van der Waals surface area contributed by atoms with Gasteiger partial charge in [-0.05, 0) is 13.3 Å². The maximum absolute atomic E-state index is 8.94.